The van der Waals surface area contributed by atoms with E-state index < -0.39 is 0 Å². The van der Waals surface area contributed by atoms with E-state index in [1.807, 2.05) is 12.1 Å². The maximum atomic E-state index is 6.16. The van der Waals surface area contributed by atoms with Gasteiger partial charge >= 0.3 is 0 Å². The molecule has 0 heterocycles. The second kappa shape index (κ2) is 5.92. The monoisotopic (exact) mass is 314 g/mol. The minimum absolute atomic E-state index is 0.211. The molecule has 1 atom stereocenters. The van der Waals surface area contributed by atoms with Crippen LogP contribution in [-0.2, 0) is 6.42 Å². The number of allylic oxidation sites excluding steroid dienone is 2. The molecule has 1 unspecified atom stereocenters. The predicted molar refractivity (Wildman–Crippen MR) is 76.0 cm³/mol. The quantitative estimate of drug-likeness (QED) is 0.579. The first kappa shape index (κ1) is 13.0. The molecule has 0 spiro atoms. The van der Waals surface area contributed by atoms with Gasteiger partial charge in [0.25, 0.3) is 0 Å². The van der Waals surface area contributed by atoms with Crippen LogP contribution in [0.2, 0.25) is 0 Å². The summed E-state index contributed by atoms with van der Waals surface area (Å²) in [5.41, 5.74) is 2.70. The van der Waals surface area contributed by atoms with E-state index in [1.165, 1.54) is 17.6 Å². The van der Waals surface area contributed by atoms with Crippen molar-refractivity contribution in [3.8, 4) is 5.75 Å². The summed E-state index contributed by atoms with van der Waals surface area (Å²) in [6, 6.07) is 6.09. The molecule has 92 valence electrons. The molecule has 1 nitrogen and oxygen atoms in total. The van der Waals surface area contributed by atoms with Crippen LogP contribution in [0.1, 0.15) is 24.8 Å². The predicted octanol–water partition coefficient (Wildman–Crippen LogP) is 4.72. The SMILES string of the molecule is COc1ccc(Br)c(CC2=CC(Cl)CCC2)c1. The number of methoxy groups -OCH3 is 1. The Labute approximate surface area is 116 Å². The van der Waals surface area contributed by atoms with Crippen LogP contribution in [0.5, 0.6) is 5.75 Å². The molecule has 1 aliphatic carbocycles. The van der Waals surface area contributed by atoms with Crippen LogP contribution in [0.3, 0.4) is 0 Å². The molecule has 3 heteroatoms. The molecule has 0 saturated carbocycles. The van der Waals surface area contributed by atoms with Crippen LogP contribution < -0.4 is 4.74 Å². The highest BCUT2D eigenvalue weighted by atomic mass is 79.9. The lowest BCUT2D eigenvalue weighted by Crippen LogP contribution is -2.05. The van der Waals surface area contributed by atoms with E-state index in [9.17, 15) is 0 Å². The summed E-state index contributed by atoms with van der Waals surface area (Å²) in [6.07, 6.45) is 6.62. The van der Waals surface area contributed by atoms with Gasteiger partial charge in [-0.2, -0.15) is 0 Å². The number of hydrogen-bond donors (Lipinski definition) is 0. The van der Waals surface area contributed by atoms with Crippen LogP contribution in [0.25, 0.3) is 0 Å². The van der Waals surface area contributed by atoms with Crippen molar-refractivity contribution in [2.45, 2.75) is 31.1 Å². The lowest BCUT2D eigenvalue weighted by molar-refractivity contribution is 0.414. The molecule has 1 aromatic rings. The highest BCUT2D eigenvalue weighted by molar-refractivity contribution is 9.10. The zero-order valence-corrected chi connectivity index (χ0v) is 12.2. The maximum absolute atomic E-state index is 6.16. The third-order valence-electron chi connectivity index (χ3n) is 3.06. The molecule has 2 rings (SSSR count). The molecular formula is C14H16BrClO. The molecule has 1 aromatic carbocycles. The Morgan fingerprint density at radius 1 is 1.47 bits per heavy atom. The fourth-order valence-corrected chi connectivity index (χ4v) is 2.87. The number of benzene rings is 1. The van der Waals surface area contributed by atoms with Gasteiger partial charge in [0.1, 0.15) is 5.75 Å². The van der Waals surface area contributed by atoms with E-state index >= 15 is 0 Å². The maximum Gasteiger partial charge on any atom is 0.119 e. The summed E-state index contributed by atoms with van der Waals surface area (Å²) in [4.78, 5) is 0. The summed E-state index contributed by atoms with van der Waals surface area (Å²) in [7, 11) is 1.70. The molecule has 0 bridgehead atoms. The van der Waals surface area contributed by atoms with E-state index in [0.717, 1.165) is 29.5 Å². The van der Waals surface area contributed by atoms with Gasteiger partial charge in [0.05, 0.1) is 12.5 Å². The number of hydrogen-bond acceptors (Lipinski definition) is 1. The van der Waals surface area contributed by atoms with E-state index in [1.54, 1.807) is 7.11 Å². The lowest BCUT2D eigenvalue weighted by atomic mass is 9.94. The van der Waals surface area contributed by atoms with Gasteiger partial charge in [-0.3, -0.25) is 0 Å². The number of ether oxygens (including phenoxy) is 1. The number of alkyl halides is 1. The Hall–Kier alpha value is -0.470. The highest BCUT2D eigenvalue weighted by Gasteiger charge is 2.12. The van der Waals surface area contributed by atoms with Crippen LogP contribution in [-0.4, -0.2) is 12.5 Å². The smallest absolute Gasteiger partial charge is 0.119 e. The van der Waals surface area contributed by atoms with Crippen LogP contribution >= 0.6 is 27.5 Å². The van der Waals surface area contributed by atoms with E-state index in [2.05, 4.69) is 28.1 Å². The second-order valence-corrected chi connectivity index (χ2v) is 5.78. The van der Waals surface area contributed by atoms with Gasteiger partial charge in [0.2, 0.25) is 0 Å². The van der Waals surface area contributed by atoms with Crippen LogP contribution in [0.4, 0.5) is 0 Å². The normalized spacial score (nSPS) is 19.9. The first-order valence-electron chi connectivity index (χ1n) is 5.85. The van der Waals surface area contributed by atoms with E-state index in [0.29, 0.717) is 0 Å². The third kappa shape index (κ3) is 3.49. The average Bonchev–Trinajstić information content (AvgIpc) is 2.32. The zero-order valence-electron chi connectivity index (χ0n) is 9.88. The van der Waals surface area contributed by atoms with Gasteiger partial charge in [0, 0.05) is 4.47 Å². The van der Waals surface area contributed by atoms with Crippen molar-refractivity contribution in [2.24, 2.45) is 0 Å². The number of halogens is 2. The largest absolute Gasteiger partial charge is 0.497 e. The van der Waals surface area contributed by atoms with Gasteiger partial charge in [-0.25, -0.2) is 0 Å². The van der Waals surface area contributed by atoms with E-state index in [-0.39, 0.29) is 5.38 Å². The Kier molecular flexibility index (Phi) is 4.52. The first-order chi connectivity index (χ1) is 8.19. The van der Waals surface area contributed by atoms with E-state index in [4.69, 9.17) is 16.3 Å². The molecule has 17 heavy (non-hydrogen) atoms. The fourth-order valence-electron chi connectivity index (χ4n) is 2.15. The van der Waals surface area contributed by atoms with Gasteiger partial charge in [-0.05, 0) is 49.4 Å². The molecule has 0 amide bonds. The summed E-state index contributed by atoms with van der Waals surface area (Å²) >= 11 is 9.75. The molecule has 1 aliphatic rings. The van der Waals surface area contributed by atoms with Crippen molar-refractivity contribution in [3.05, 3.63) is 39.9 Å². The summed E-state index contributed by atoms with van der Waals surface area (Å²) < 4.78 is 6.39. The Morgan fingerprint density at radius 3 is 3.00 bits per heavy atom. The number of rotatable bonds is 3. The fraction of sp³-hybridized carbons (Fsp3) is 0.429. The van der Waals surface area contributed by atoms with Crippen molar-refractivity contribution in [1.82, 2.24) is 0 Å². The minimum Gasteiger partial charge on any atom is -0.497 e. The minimum atomic E-state index is 0.211. The van der Waals surface area contributed by atoms with Crippen LogP contribution in [0.15, 0.2) is 34.3 Å². The van der Waals surface area contributed by atoms with Crippen molar-refractivity contribution in [3.63, 3.8) is 0 Å². The van der Waals surface area contributed by atoms with Crippen molar-refractivity contribution < 1.29 is 4.74 Å². The van der Waals surface area contributed by atoms with Gasteiger partial charge in [-0.15, -0.1) is 11.6 Å². The summed E-state index contributed by atoms with van der Waals surface area (Å²) in [5.74, 6) is 0.905. The highest BCUT2D eigenvalue weighted by Crippen LogP contribution is 2.29. The molecule has 0 aromatic heterocycles. The molecule has 0 radical (unpaired) electrons. The van der Waals surface area contributed by atoms with Crippen LogP contribution in [0, 0.1) is 0 Å². The molecular weight excluding hydrogens is 300 g/mol. The Bertz CT molecular complexity index is 428. The Morgan fingerprint density at radius 2 is 2.29 bits per heavy atom. The zero-order chi connectivity index (χ0) is 12.3. The molecule has 0 N–H and O–H groups in total. The Balaban J connectivity index is 2.17. The van der Waals surface area contributed by atoms with Gasteiger partial charge in [-0.1, -0.05) is 27.6 Å². The molecule has 0 aliphatic heterocycles. The average molecular weight is 316 g/mol. The molecule has 0 saturated heterocycles. The van der Waals surface area contributed by atoms with Crippen molar-refractivity contribution in [2.75, 3.05) is 7.11 Å². The third-order valence-corrected chi connectivity index (χ3v) is 4.18. The van der Waals surface area contributed by atoms with Gasteiger partial charge < -0.3 is 4.74 Å². The topological polar surface area (TPSA) is 9.23 Å². The van der Waals surface area contributed by atoms with Crippen molar-refractivity contribution >= 4 is 27.5 Å². The standard InChI is InChI=1S/C14H16BrClO/c1-17-13-5-6-14(15)11(9-13)7-10-3-2-4-12(16)8-10/h5-6,8-9,12H,2-4,7H2,1H3. The van der Waals surface area contributed by atoms with Crippen molar-refractivity contribution in [1.29, 1.82) is 0 Å². The summed E-state index contributed by atoms with van der Waals surface area (Å²) in [6.45, 7) is 0. The van der Waals surface area contributed by atoms with Gasteiger partial charge in [0.15, 0.2) is 0 Å². The lowest BCUT2D eigenvalue weighted by Gasteiger charge is -2.17. The molecule has 0 fully saturated rings. The summed E-state index contributed by atoms with van der Waals surface area (Å²) in [5, 5.41) is 0.211. The first-order valence-corrected chi connectivity index (χ1v) is 7.08. The second-order valence-electron chi connectivity index (χ2n) is 4.37.